The molecular weight excluding hydrogens is 1290 g/mol. The lowest BCUT2D eigenvalue weighted by Crippen LogP contribution is -2.44. The number of allylic oxidation sites excluding steroid dienone is 6. The van der Waals surface area contributed by atoms with Crippen LogP contribution in [-0.2, 0) is 102 Å². The molecule has 0 unspecified atom stereocenters. The molecule has 2 aromatic rings. The summed E-state index contributed by atoms with van der Waals surface area (Å²) in [6, 6.07) is 8.37. The number of benzene rings is 2. The van der Waals surface area contributed by atoms with Gasteiger partial charge in [0.25, 0.3) is 20.2 Å². The second kappa shape index (κ2) is 44.7. The topological polar surface area (TPSA) is 367 Å². The number of primary amides is 1. The highest BCUT2D eigenvalue weighted by molar-refractivity contribution is 7.86. The van der Waals surface area contributed by atoms with Gasteiger partial charge in [0.05, 0.1) is 154 Å². The number of nitrogens with zero attached hydrogens (tertiary/aromatic N) is 2. The van der Waals surface area contributed by atoms with Gasteiger partial charge in [-0.1, -0.05) is 32.1 Å². The normalized spacial score (nSPS) is 15.0. The number of carbonyl (C=O) groups is 5. The van der Waals surface area contributed by atoms with Crippen LogP contribution in [-0.4, -0.2) is 237 Å². The van der Waals surface area contributed by atoms with Crippen LogP contribution in [0.15, 0.2) is 82.3 Å². The molecule has 8 N–H and O–H groups in total. The van der Waals surface area contributed by atoms with Gasteiger partial charge in [-0.15, -0.1) is 0 Å². The average molecular weight is 1400 g/mol. The Labute approximate surface area is 566 Å². The van der Waals surface area contributed by atoms with Crippen molar-refractivity contribution >= 4 is 66.9 Å². The summed E-state index contributed by atoms with van der Waals surface area (Å²) in [4.78, 5) is 61.5. The van der Waals surface area contributed by atoms with Crippen LogP contribution in [0.3, 0.4) is 0 Å². The molecule has 0 saturated heterocycles. The third-order valence-corrected chi connectivity index (χ3v) is 17.2. The van der Waals surface area contributed by atoms with Crippen LogP contribution in [0.2, 0.25) is 0 Å². The first-order valence-corrected chi connectivity index (χ1v) is 35.6. The van der Waals surface area contributed by atoms with Gasteiger partial charge in [0.1, 0.15) is 12.6 Å². The number of unbranched alkanes of at least 4 members (excludes halogenated alkanes) is 3. The van der Waals surface area contributed by atoms with Gasteiger partial charge in [0, 0.05) is 80.3 Å². The van der Waals surface area contributed by atoms with E-state index in [1.165, 1.54) is 31.2 Å². The molecule has 30 heteroatoms. The fourth-order valence-corrected chi connectivity index (χ4v) is 11.4. The maximum absolute atomic E-state index is 12.8. The largest absolute Gasteiger partial charge is 0.379 e. The number of amides is 5. The van der Waals surface area contributed by atoms with Crippen LogP contribution in [0.25, 0.3) is 0 Å². The highest BCUT2D eigenvalue weighted by Crippen LogP contribution is 2.48. The average Bonchev–Trinajstić information content (AvgIpc) is 1.60. The Kier molecular flexibility index (Phi) is 38.4. The van der Waals surface area contributed by atoms with Crippen molar-refractivity contribution in [3.63, 3.8) is 0 Å². The highest BCUT2D eigenvalue weighted by Gasteiger charge is 2.45. The van der Waals surface area contributed by atoms with Gasteiger partial charge >= 0.3 is 0 Å². The Morgan fingerprint density at radius 1 is 0.552 bits per heavy atom. The molecule has 0 fully saturated rings. The summed E-state index contributed by atoms with van der Waals surface area (Å²) in [7, 11) is -8.85. The fourth-order valence-electron chi connectivity index (χ4n) is 10.4. The molecular formula is C66H104N7O21S2+. The molecule has 4 rings (SSSR count). The van der Waals surface area contributed by atoms with Crippen LogP contribution < -0.4 is 31.9 Å². The second-order valence-corrected chi connectivity index (χ2v) is 26.3. The maximum atomic E-state index is 12.8. The van der Waals surface area contributed by atoms with E-state index in [4.69, 9.17) is 53.1 Å². The molecule has 96 heavy (non-hydrogen) atoms. The summed E-state index contributed by atoms with van der Waals surface area (Å²) in [6.45, 7) is 20.9. The predicted molar refractivity (Wildman–Crippen MR) is 359 cm³/mol. The third kappa shape index (κ3) is 30.8. The molecule has 2 aromatic carbocycles. The standard InChI is InChI=1S/C66H103N7O21S2/c1-7-72-57-22-20-52(95(79,80)81)48-54(57)65(3,4)59(72)17-10-8-11-18-60-66(5,6)55-49-53(96(82,83)84)21-23-58(55)73(60)27-15-9-12-19-61(75)68-25-14-13-16-56(64(67)78)71-62(76)24-28-85-30-32-87-34-36-89-38-40-91-42-44-93-46-47-94-45-43-92-41-39-90-37-35-88-33-31-86-29-26-69-63(77)50-70-51(2)74/h8,10-11,17-18,20-23,48-49,56H,7,9,12-16,19,24-47,50H2,1-6H3,(H7-,67,68,69,70,71,74,75,76,77,78,79,80,81,82,83,84)/p+1/t56-/m0/s1. The van der Waals surface area contributed by atoms with E-state index in [1.54, 1.807) is 12.1 Å². The van der Waals surface area contributed by atoms with Gasteiger partial charge in [-0.25, -0.2) is 0 Å². The van der Waals surface area contributed by atoms with E-state index in [9.17, 15) is 49.9 Å². The zero-order chi connectivity index (χ0) is 70.2. The lowest BCUT2D eigenvalue weighted by molar-refractivity contribution is -0.438. The van der Waals surface area contributed by atoms with Crippen molar-refractivity contribution in [2.24, 2.45) is 5.73 Å². The highest BCUT2D eigenvalue weighted by atomic mass is 32.2. The number of anilines is 1. The fraction of sp³-hybridized carbons (Fsp3) is 0.636. The number of nitrogens with one attached hydrogen (secondary N) is 4. The van der Waals surface area contributed by atoms with Crippen LogP contribution in [0.4, 0.5) is 11.4 Å². The van der Waals surface area contributed by atoms with Gasteiger partial charge in [0.2, 0.25) is 35.2 Å². The minimum Gasteiger partial charge on any atom is -0.379 e. The Balaban J connectivity index is 0.969. The molecule has 2 aliphatic rings. The van der Waals surface area contributed by atoms with Crippen molar-refractivity contribution in [3.8, 4) is 0 Å². The zero-order valence-electron chi connectivity index (χ0n) is 56.7. The van der Waals surface area contributed by atoms with Crippen molar-refractivity contribution in [2.45, 2.75) is 120 Å². The van der Waals surface area contributed by atoms with Gasteiger partial charge < -0.3 is 79.3 Å². The number of hydrogen-bond acceptors (Lipinski definition) is 20. The number of fused-ring (bicyclic) bond motifs is 2. The minimum atomic E-state index is -4.46. The molecule has 28 nitrogen and oxygen atoms in total. The SMILES string of the molecule is CCN1C(=CC=CC=CC2=[N+](CCCCCC(=O)NCCCC[C@H](NC(=O)CCOCCOCCOCCOCCOCCOCCOCCOCCOCCOCCNC(=O)CNC(C)=O)C(N)=O)c3ccc(S(=O)(=O)O)cc3C2(C)C)C(C)(C)c2cc(S(=O)(=O)O)ccc21. The summed E-state index contributed by atoms with van der Waals surface area (Å²) in [5.74, 6) is -1.67. The van der Waals surface area contributed by atoms with Crippen LogP contribution in [0.1, 0.15) is 104 Å². The van der Waals surface area contributed by atoms with E-state index < -0.39 is 43.0 Å². The zero-order valence-corrected chi connectivity index (χ0v) is 58.3. The lowest BCUT2D eigenvalue weighted by Gasteiger charge is -2.25. The van der Waals surface area contributed by atoms with E-state index in [0.29, 0.717) is 177 Å². The molecule has 0 aliphatic carbocycles. The molecule has 0 saturated carbocycles. The summed E-state index contributed by atoms with van der Waals surface area (Å²) in [6.07, 6.45) is 13.5. The molecule has 5 amide bonds. The van der Waals surface area contributed by atoms with E-state index >= 15 is 0 Å². The van der Waals surface area contributed by atoms with Gasteiger partial charge in [0.15, 0.2) is 5.71 Å². The molecule has 540 valence electrons. The quantitative estimate of drug-likeness (QED) is 0.0213. The lowest BCUT2D eigenvalue weighted by atomic mass is 9.81. The second-order valence-electron chi connectivity index (χ2n) is 23.4. The number of likely N-dealkylation sites (N-methyl/N-ethyl adjacent to an activating group) is 1. The third-order valence-electron chi connectivity index (χ3n) is 15.5. The van der Waals surface area contributed by atoms with Crippen molar-refractivity contribution in [3.05, 3.63) is 83.6 Å². The molecule has 2 heterocycles. The molecule has 2 aliphatic heterocycles. The summed E-state index contributed by atoms with van der Waals surface area (Å²) >= 11 is 0. The summed E-state index contributed by atoms with van der Waals surface area (Å²) in [5.41, 5.74) is 9.43. The number of rotatable bonds is 54. The Hall–Kier alpha value is -6.10. The van der Waals surface area contributed by atoms with Crippen molar-refractivity contribution in [1.29, 1.82) is 0 Å². The molecule has 0 aromatic heterocycles. The molecule has 0 radical (unpaired) electrons. The van der Waals surface area contributed by atoms with Crippen LogP contribution >= 0.6 is 0 Å². The Bertz CT molecular complexity index is 3100. The maximum Gasteiger partial charge on any atom is 0.294 e. The molecule has 0 spiro atoms. The number of nitrogens with two attached hydrogens (primary N) is 1. The Morgan fingerprint density at radius 3 is 1.54 bits per heavy atom. The van der Waals surface area contributed by atoms with Crippen molar-refractivity contribution in [2.75, 3.05) is 170 Å². The smallest absolute Gasteiger partial charge is 0.294 e. The van der Waals surface area contributed by atoms with Gasteiger partial charge in [-0.3, -0.25) is 33.1 Å². The number of ether oxygens (including phenoxy) is 10. The summed E-state index contributed by atoms with van der Waals surface area (Å²) < 4.78 is 125. The van der Waals surface area contributed by atoms with E-state index in [1.807, 2.05) is 65.0 Å². The Morgan fingerprint density at radius 2 is 1.04 bits per heavy atom. The van der Waals surface area contributed by atoms with Gasteiger partial charge in [-0.2, -0.15) is 21.4 Å². The van der Waals surface area contributed by atoms with Crippen LogP contribution in [0.5, 0.6) is 0 Å². The van der Waals surface area contributed by atoms with Crippen molar-refractivity contribution < 1.29 is 102 Å². The van der Waals surface area contributed by atoms with Gasteiger partial charge in [-0.05, 0) is 94.8 Å². The van der Waals surface area contributed by atoms with Crippen LogP contribution in [0, 0.1) is 0 Å². The first kappa shape index (κ1) is 82.3. The molecule has 1 atom stereocenters. The van der Waals surface area contributed by atoms with Crippen molar-refractivity contribution in [1.82, 2.24) is 21.3 Å². The first-order valence-electron chi connectivity index (χ1n) is 32.8. The number of hydrogen-bond donors (Lipinski definition) is 7. The minimum absolute atomic E-state index is 0.0321. The molecule has 0 bridgehead atoms. The number of carbonyl (C=O) groups excluding carboxylic acids is 5. The monoisotopic (exact) mass is 1390 g/mol. The van der Waals surface area contributed by atoms with E-state index in [0.717, 1.165) is 46.8 Å². The first-order chi connectivity index (χ1) is 45.9. The van der Waals surface area contributed by atoms with E-state index in [-0.39, 0.29) is 59.6 Å². The van der Waals surface area contributed by atoms with E-state index in [2.05, 4.69) is 30.7 Å². The predicted octanol–water partition coefficient (Wildman–Crippen LogP) is 4.00. The summed E-state index contributed by atoms with van der Waals surface area (Å²) in [5, 5.41) is 10.7.